The Morgan fingerprint density at radius 1 is 1.41 bits per heavy atom. The van der Waals surface area contributed by atoms with Crippen molar-refractivity contribution in [2.45, 2.75) is 13.0 Å². The van der Waals surface area contributed by atoms with E-state index < -0.39 is 0 Å². The van der Waals surface area contributed by atoms with Crippen LogP contribution in [0, 0.1) is 0 Å². The fourth-order valence-corrected chi connectivity index (χ4v) is 1.66. The third-order valence-electron chi connectivity index (χ3n) is 2.42. The summed E-state index contributed by atoms with van der Waals surface area (Å²) in [4.78, 5) is 8.23. The van der Waals surface area contributed by atoms with E-state index in [2.05, 4.69) is 15.3 Å². The number of hydrogen-bond acceptors (Lipinski definition) is 4. The zero-order chi connectivity index (χ0) is 12.3. The smallest absolute Gasteiger partial charge is 0.149 e. The van der Waals surface area contributed by atoms with Crippen LogP contribution in [0.2, 0.25) is 5.02 Å². The summed E-state index contributed by atoms with van der Waals surface area (Å²) in [5.41, 5.74) is 7.43. The Morgan fingerprint density at radius 3 is 2.88 bits per heavy atom. The first-order valence-corrected chi connectivity index (χ1v) is 5.62. The summed E-state index contributed by atoms with van der Waals surface area (Å²) in [6.07, 6.45) is 5.12. The number of halogens is 1. The molecule has 0 aliphatic rings. The zero-order valence-corrected chi connectivity index (χ0v) is 10.1. The van der Waals surface area contributed by atoms with Crippen molar-refractivity contribution in [3.05, 3.63) is 47.4 Å². The van der Waals surface area contributed by atoms with Crippen molar-refractivity contribution in [3.8, 4) is 0 Å². The number of hydrogen-bond donors (Lipinski definition) is 2. The molecule has 0 aliphatic carbocycles. The molecule has 3 N–H and O–H groups in total. The molecule has 0 aromatic carbocycles. The highest BCUT2D eigenvalue weighted by atomic mass is 35.5. The van der Waals surface area contributed by atoms with Gasteiger partial charge in [0.15, 0.2) is 0 Å². The molecule has 2 aromatic heterocycles. The minimum atomic E-state index is 0.0830. The molecule has 5 heteroatoms. The standard InChI is InChI=1S/C12H13ClN4/c1-8(9-3-2-4-15-6-9)17-12-11(14)5-10(13)7-16-12/h2-8H,14H2,1H3,(H,16,17). The number of nitrogens with one attached hydrogen (secondary N) is 1. The third-order valence-corrected chi connectivity index (χ3v) is 2.63. The van der Waals surface area contributed by atoms with E-state index in [1.54, 1.807) is 18.5 Å². The SMILES string of the molecule is CC(Nc1ncc(Cl)cc1N)c1cccnc1. The van der Waals surface area contributed by atoms with Gasteiger partial charge in [0.25, 0.3) is 0 Å². The average Bonchev–Trinajstić information content (AvgIpc) is 2.34. The molecule has 2 rings (SSSR count). The molecule has 0 spiro atoms. The van der Waals surface area contributed by atoms with E-state index in [1.165, 1.54) is 0 Å². The van der Waals surface area contributed by atoms with E-state index in [-0.39, 0.29) is 6.04 Å². The molecule has 88 valence electrons. The monoisotopic (exact) mass is 248 g/mol. The predicted molar refractivity (Wildman–Crippen MR) is 69.9 cm³/mol. The summed E-state index contributed by atoms with van der Waals surface area (Å²) in [6, 6.07) is 5.65. The third kappa shape index (κ3) is 2.85. The van der Waals surface area contributed by atoms with Crippen molar-refractivity contribution in [2.24, 2.45) is 0 Å². The maximum atomic E-state index is 5.82. The fraction of sp³-hybridized carbons (Fsp3) is 0.167. The Balaban J connectivity index is 2.16. The van der Waals surface area contributed by atoms with Gasteiger partial charge >= 0.3 is 0 Å². The molecule has 2 heterocycles. The maximum absolute atomic E-state index is 5.82. The molecule has 0 amide bonds. The summed E-state index contributed by atoms with van der Waals surface area (Å²) in [6.45, 7) is 2.02. The normalized spacial score (nSPS) is 12.1. The Labute approximate surface area is 105 Å². The number of anilines is 2. The summed E-state index contributed by atoms with van der Waals surface area (Å²) in [7, 11) is 0. The number of pyridine rings is 2. The van der Waals surface area contributed by atoms with E-state index in [0.29, 0.717) is 16.5 Å². The van der Waals surface area contributed by atoms with Gasteiger partial charge in [0.05, 0.1) is 16.8 Å². The molecule has 1 atom stereocenters. The van der Waals surface area contributed by atoms with Crippen molar-refractivity contribution in [1.29, 1.82) is 0 Å². The molecule has 1 unspecified atom stereocenters. The first-order chi connectivity index (χ1) is 8.16. The van der Waals surface area contributed by atoms with Crippen molar-refractivity contribution >= 4 is 23.1 Å². The molecule has 0 saturated carbocycles. The number of nitrogens with zero attached hydrogens (tertiary/aromatic N) is 2. The highest BCUT2D eigenvalue weighted by Gasteiger charge is 2.08. The minimum absolute atomic E-state index is 0.0830. The van der Waals surface area contributed by atoms with Gasteiger partial charge in [-0.2, -0.15) is 0 Å². The van der Waals surface area contributed by atoms with Gasteiger partial charge < -0.3 is 11.1 Å². The summed E-state index contributed by atoms with van der Waals surface area (Å²) < 4.78 is 0. The highest BCUT2D eigenvalue weighted by molar-refractivity contribution is 6.30. The quantitative estimate of drug-likeness (QED) is 0.877. The van der Waals surface area contributed by atoms with Crippen LogP contribution in [-0.2, 0) is 0 Å². The molecular weight excluding hydrogens is 236 g/mol. The van der Waals surface area contributed by atoms with E-state index in [0.717, 1.165) is 5.56 Å². The van der Waals surface area contributed by atoms with E-state index in [4.69, 9.17) is 17.3 Å². The number of rotatable bonds is 3. The van der Waals surface area contributed by atoms with Gasteiger partial charge in [0, 0.05) is 18.6 Å². The second-order valence-electron chi connectivity index (χ2n) is 3.74. The van der Waals surface area contributed by atoms with Gasteiger partial charge in [-0.15, -0.1) is 0 Å². The van der Waals surface area contributed by atoms with Crippen LogP contribution in [0.3, 0.4) is 0 Å². The molecule has 0 fully saturated rings. The van der Waals surface area contributed by atoms with Crippen LogP contribution in [0.15, 0.2) is 36.8 Å². The molecule has 0 saturated heterocycles. The summed E-state index contributed by atoms with van der Waals surface area (Å²) >= 11 is 5.79. The lowest BCUT2D eigenvalue weighted by Gasteiger charge is -2.15. The van der Waals surface area contributed by atoms with E-state index >= 15 is 0 Å². The second-order valence-corrected chi connectivity index (χ2v) is 4.18. The van der Waals surface area contributed by atoms with Crippen molar-refractivity contribution in [3.63, 3.8) is 0 Å². The van der Waals surface area contributed by atoms with Crippen LogP contribution in [0.1, 0.15) is 18.5 Å². The topological polar surface area (TPSA) is 63.8 Å². The number of nitrogens with two attached hydrogens (primary N) is 1. The van der Waals surface area contributed by atoms with Gasteiger partial charge in [-0.05, 0) is 24.6 Å². The van der Waals surface area contributed by atoms with E-state index in [1.807, 2.05) is 25.3 Å². The maximum Gasteiger partial charge on any atom is 0.149 e. The molecule has 0 bridgehead atoms. The Hall–Kier alpha value is -1.81. The van der Waals surface area contributed by atoms with Crippen LogP contribution in [-0.4, -0.2) is 9.97 Å². The first-order valence-electron chi connectivity index (χ1n) is 5.24. The lowest BCUT2D eigenvalue weighted by Crippen LogP contribution is -2.09. The van der Waals surface area contributed by atoms with Crippen molar-refractivity contribution in [1.82, 2.24) is 9.97 Å². The summed E-state index contributed by atoms with van der Waals surface area (Å²) in [5, 5.41) is 3.75. The van der Waals surface area contributed by atoms with E-state index in [9.17, 15) is 0 Å². The molecule has 4 nitrogen and oxygen atoms in total. The lowest BCUT2D eigenvalue weighted by molar-refractivity contribution is 0.867. The average molecular weight is 249 g/mol. The lowest BCUT2D eigenvalue weighted by atomic mass is 10.1. The van der Waals surface area contributed by atoms with Crippen LogP contribution in [0.4, 0.5) is 11.5 Å². The Bertz CT molecular complexity index is 501. The van der Waals surface area contributed by atoms with Crippen molar-refractivity contribution < 1.29 is 0 Å². The van der Waals surface area contributed by atoms with Crippen molar-refractivity contribution in [2.75, 3.05) is 11.1 Å². The fourth-order valence-electron chi connectivity index (χ4n) is 1.50. The van der Waals surface area contributed by atoms with Crippen LogP contribution in [0.25, 0.3) is 0 Å². The Kier molecular flexibility index (Phi) is 3.44. The molecule has 2 aromatic rings. The molecule has 0 radical (unpaired) electrons. The molecule has 17 heavy (non-hydrogen) atoms. The largest absolute Gasteiger partial charge is 0.396 e. The second kappa shape index (κ2) is 5.01. The van der Waals surface area contributed by atoms with Gasteiger partial charge in [-0.3, -0.25) is 4.98 Å². The van der Waals surface area contributed by atoms with Crippen LogP contribution in [0.5, 0.6) is 0 Å². The van der Waals surface area contributed by atoms with Gasteiger partial charge in [-0.25, -0.2) is 4.98 Å². The van der Waals surface area contributed by atoms with Gasteiger partial charge in [-0.1, -0.05) is 17.7 Å². The van der Waals surface area contributed by atoms with Crippen LogP contribution >= 0.6 is 11.6 Å². The van der Waals surface area contributed by atoms with Gasteiger partial charge in [0.2, 0.25) is 0 Å². The molecule has 0 aliphatic heterocycles. The molecular formula is C12H13ClN4. The number of nitrogen functional groups attached to an aromatic ring is 1. The van der Waals surface area contributed by atoms with Crippen LogP contribution < -0.4 is 11.1 Å². The zero-order valence-electron chi connectivity index (χ0n) is 9.39. The highest BCUT2D eigenvalue weighted by Crippen LogP contribution is 2.23. The number of aromatic nitrogens is 2. The predicted octanol–water partition coefficient (Wildman–Crippen LogP) is 2.89. The Morgan fingerprint density at radius 2 is 2.24 bits per heavy atom. The summed E-state index contributed by atoms with van der Waals surface area (Å²) in [5.74, 6) is 0.630. The van der Waals surface area contributed by atoms with Gasteiger partial charge in [0.1, 0.15) is 5.82 Å². The first kappa shape index (κ1) is 11.7. The minimum Gasteiger partial charge on any atom is -0.396 e.